The topological polar surface area (TPSA) is 70.7 Å². The van der Waals surface area contributed by atoms with E-state index in [2.05, 4.69) is 10.6 Å². The molecule has 6 nitrogen and oxygen atoms in total. The van der Waals surface area contributed by atoms with E-state index in [1.807, 2.05) is 35.2 Å². The van der Waals surface area contributed by atoms with Crippen molar-refractivity contribution in [3.63, 3.8) is 0 Å². The molecule has 2 heterocycles. The van der Waals surface area contributed by atoms with Gasteiger partial charge in [-0.1, -0.05) is 6.07 Å². The normalized spacial score (nSPS) is 18.6. The van der Waals surface area contributed by atoms with Crippen molar-refractivity contribution in [1.82, 2.24) is 10.2 Å². The van der Waals surface area contributed by atoms with Gasteiger partial charge < -0.3 is 20.3 Å². The first kappa shape index (κ1) is 21.4. The highest BCUT2D eigenvalue weighted by Crippen LogP contribution is 2.26. The van der Waals surface area contributed by atoms with E-state index >= 15 is 0 Å². The summed E-state index contributed by atoms with van der Waals surface area (Å²) >= 11 is 0. The van der Waals surface area contributed by atoms with Gasteiger partial charge in [0.25, 0.3) is 11.8 Å². The highest BCUT2D eigenvalue weighted by Gasteiger charge is 2.20. The number of hydrogen-bond acceptors (Lipinski definition) is 4. The monoisotopic (exact) mass is 421 g/mol. The molecule has 0 spiro atoms. The van der Waals surface area contributed by atoms with Crippen LogP contribution in [0.2, 0.25) is 0 Å². The Labute approximate surface area is 184 Å². The second-order valence-electron chi connectivity index (χ2n) is 8.48. The third-order valence-corrected chi connectivity index (χ3v) is 6.22. The largest absolute Gasteiger partial charge is 0.496 e. The molecule has 0 radical (unpaired) electrons. The van der Waals surface area contributed by atoms with Gasteiger partial charge in [0.05, 0.1) is 7.11 Å². The molecular weight excluding hydrogens is 390 g/mol. The molecular formula is C25H31N3O3. The summed E-state index contributed by atoms with van der Waals surface area (Å²) in [4.78, 5) is 27.6. The van der Waals surface area contributed by atoms with Crippen LogP contribution in [-0.2, 0) is 6.42 Å². The smallest absolute Gasteiger partial charge is 0.255 e. The minimum Gasteiger partial charge on any atom is -0.496 e. The van der Waals surface area contributed by atoms with Crippen LogP contribution in [0.5, 0.6) is 5.75 Å². The van der Waals surface area contributed by atoms with Crippen molar-refractivity contribution in [3.8, 4) is 5.75 Å². The molecule has 0 bridgehead atoms. The summed E-state index contributed by atoms with van der Waals surface area (Å²) in [5.41, 5.74) is 2.89. The maximum Gasteiger partial charge on any atom is 0.255 e. The lowest BCUT2D eigenvalue weighted by molar-refractivity contribution is 0.0724. The number of benzene rings is 2. The van der Waals surface area contributed by atoms with Gasteiger partial charge in [0.2, 0.25) is 0 Å². The number of hydrogen-bond donors (Lipinski definition) is 2. The van der Waals surface area contributed by atoms with Gasteiger partial charge in [-0.2, -0.15) is 0 Å². The first-order chi connectivity index (χ1) is 15.1. The fourth-order valence-electron chi connectivity index (χ4n) is 4.49. The Morgan fingerprint density at radius 2 is 1.94 bits per heavy atom. The van der Waals surface area contributed by atoms with Crippen LogP contribution in [0.3, 0.4) is 0 Å². The minimum atomic E-state index is -0.184. The number of amides is 2. The van der Waals surface area contributed by atoms with Gasteiger partial charge in [-0.3, -0.25) is 9.59 Å². The number of likely N-dealkylation sites (tertiary alicyclic amines) is 1. The molecule has 1 atom stereocenters. The quantitative estimate of drug-likeness (QED) is 0.746. The number of methoxy groups -OCH3 is 1. The van der Waals surface area contributed by atoms with Crippen molar-refractivity contribution in [3.05, 3.63) is 59.2 Å². The van der Waals surface area contributed by atoms with Crippen LogP contribution in [0.15, 0.2) is 42.5 Å². The number of ether oxygens (including phenoxy) is 1. The summed E-state index contributed by atoms with van der Waals surface area (Å²) in [7, 11) is 1.66. The summed E-state index contributed by atoms with van der Waals surface area (Å²) in [6.07, 6.45) is 5.31. The second-order valence-corrected chi connectivity index (χ2v) is 8.48. The Bertz CT molecular complexity index is 931. The molecule has 0 aliphatic carbocycles. The van der Waals surface area contributed by atoms with E-state index in [0.717, 1.165) is 63.2 Å². The molecule has 2 aromatic carbocycles. The molecule has 1 unspecified atom stereocenters. The van der Waals surface area contributed by atoms with Crippen LogP contribution < -0.4 is 15.4 Å². The first-order valence-corrected chi connectivity index (χ1v) is 11.2. The summed E-state index contributed by atoms with van der Waals surface area (Å²) in [5, 5.41) is 6.34. The fourth-order valence-corrected chi connectivity index (χ4v) is 4.49. The van der Waals surface area contributed by atoms with Crippen LogP contribution in [-0.4, -0.2) is 50.0 Å². The van der Waals surface area contributed by atoms with E-state index in [9.17, 15) is 9.59 Å². The molecule has 2 aromatic rings. The Morgan fingerprint density at radius 1 is 1.10 bits per heavy atom. The third-order valence-electron chi connectivity index (χ3n) is 6.22. The van der Waals surface area contributed by atoms with E-state index < -0.39 is 0 Å². The summed E-state index contributed by atoms with van der Waals surface area (Å²) < 4.78 is 5.51. The molecule has 2 amide bonds. The van der Waals surface area contributed by atoms with Crippen molar-refractivity contribution in [2.24, 2.45) is 5.92 Å². The third kappa shape index (κ3) is 5.25. The standard InChI is InChI=1S/C25H31N3O3/c1-31-23-9-8-19(15-21(23)14-18-10-11-26-17-18)24(29)27-22-7-5-6-20(16-22)25(30)28-12-3-2-4-13-28/h5-9,15-16,18,26H,2-4,10-14,17H2,1H3,(H,27,29). The average Bonchev–Trinajstić information content (AvgIpc) is 3.32. The molecule has 4 rings (SSSR count). The molecule has 2 saturated heterocycles. The van der Waals surface area contributed by atoms with Crippen molar-refractivity contribution in [2.45, 2.75) is 32.1 Å². The summed E-state index contributed by atoms with van der Waals surface area (Å²) in [6.45, 7) is 3.65. The lowest BCUT2D eigenvalue weighted by atomic mass is 9.96. The maximum absolute atomic E-state index is 12.9. The van der Waals surface area contributed by atoms with Crippen LogP contribution in [0.25, 0.3) is 0 Å². The van der Waals surface area contributed by atoms with E-state index in [1.54, 1.807) is 19.2 Å². The number of rotatable bonds is 6. The Balaban J connectivity index is 1.47. The van der Waals surface area contributed by atoms with Crippen molar-refractivity contribution < 1.29 is 14.3 Å². The molecule has 31 heavy (non-hydrogen) atoms. The van der Waals surface area contributed by atoms with E-state index in [1.165, 1.54) is 6.42 Å². The molecule has 2 N–H and O–H groups in total. The predicted octanol–water partition coefficient (Wildman–Crippen LogP) is 3.73. The second kappa shape index (κ2) is 9.96. The highest BCUT2D eigenvalue weighted by molar-refractivity contribution is 6.05. The molecule has 6 heteroatoms. The van der Waals surface area contributed by atoms with Crippen LogP contribution >= 0.6 is 0 Å². The number of nitrogens with one attached hydrogen (secondary N) is 2. The van der Waals surface area contributed by atoms with Crippen LogP contribution in [0, 0.1) is 5.92 Å². The first-order valence-electron chi connectivity index (χ1n) is 11.2. The number of anilines is 1. The molecule has 164 valence electrons. The highest BCUT2D eigenvalue weighted by atomic mass is 16.5. The fraction of sp³-hybridized carbons (Fsp3) is 0.440. The van der Waals surface area contributed by atoms with Crippen LogP contribution in [0.1, 0.15) is 52.0 Å². The molecule has 2 aliphatic rings. The Kier molecular flexibility index (Phi) is 6.87. The SMILES string of the molecule is COc1ccc(C(=O)Nc2cccc(C(=O)N3CCCCC3)c2)cc1CC1CCNC1. The molecule has 0 aromatic heterocycles. The van der Waals surface area contributed by atoms with Gasteiger partial charge in [-0.25, -0.2) is 0 Å². The van der Waals surface area contributed by atoms with Gasteiger partial charge in [0.15, 0.2) is 0 Å². The number of carbonyl (C=O) groups excluding carboxylic acids is 2. The van der Waals surface area contributed by atoms with E-state index in [0.29, 0.717) is 22.7 Å². The predicted molar refractivity (Wildman–Crippen MR) is 122 cm³/mol. The van der Waals surface area contributed by atoms with Gasteiger partial charge in [-0.05, 0) is 93.1 Å². The lowest BCUT2D eigenvalue weighted by Crippen LogP contribution is -2.35. The van der Waals surface area contributed by atoms with Gasteiger partial charge in [0, 0.05) is 29.9 Å². The van der Waals surface area contributed by atoms with Crippen molar-refractivity contribution >= 4 is 17.5 Å². The van der Waals surface area contributed by atoms with E-state index in [-0.39, 0.29) is 11.8 Å². The lowest BCUT2D eigenvalue weighted by Gasteiger charge is -2.26. The zero-order valence-electron chi connectivity index (χ0n) is 18.2. The van der Waals surface area contributed by atoms with Gasteiger partial charge in [0.1, 0.15) is 5.75 Å². The number of carbonyl (C=O) groups is 2. The zero-order chi connectivity index (χ0) is 21.6. The summed E-state index contributed by atoms with van der Waals surface area (Å²) in [5.74, 6) is 1.23. The minimum absolute atomic E-state index is 0.0349. The summed E-state index contributed by atoms with van der Waals surface area (Å²) in [6, 6.07) is 12.8. The zero-order valence-corrected chi connectivity index (χ0v) is 18.2. The van der Waals surface area contributed by atoms with Crippen molar-refractivity contribution in [2.75, 3.05) is 38.6 Å². The maximum atomic E-state index is 12.9. The number of piperidine rings is 1. The van der Waals surface area contributed by atoms with Crippen LogP contribution in [0.4, 0.5) is 5.69 Å². The van der Waals surface area contributed by atoms with E-state index in [4.69, 9.17) is 4.74 Å². The molecule has 0 saturated carbocycles. The Hall–Kier alpha value is -2.86. The molecule has 2 aliphatic heterocycles. The van der Waals surface area contributed by atoms with Gasteiger partial charge >= 0.3 is 0 Å². The van der Waals surface area contributed by atoms with Crippen molar-refractivity contribution in [1.29, 1.82) is 0 Å². The average molecular weight is 422 g/mol. The number of nitrogens with zero attached hydrogens (tertiary/aromatic N) is 1. The molecule has 2 fully saturated rings. The van der Waals surface area contributed by atoms with Gasteiger partial charge in [-0.15, -0.1) is 0 Å². The Morgan fingerprint density at radius 3 is 2.68 bits per heavy atom.